The van der Waals surface area contributed by atoms with E-state index in [1.807, 2.05) is 4.90 Å². The van der Waals surface area contributed by atoms with Gasteiger partial charge in [0.25, 0.3) is 0 Å². The minimum absolute atomic E-state index is 0.146. The molecule has 0 spiro atoms. The summed E-state index contributed by atoms with van der Waals surface area (Å²) in [6.45, 7) is 6.74. The Morgan fingerprint density at radius 2 is 2.11 bits per heavy atom. The first kappa shape index (κ1) is 12.9. The van der Waals surface area contributed by atoms with Gasteiger partial charge in [0.2, 0.25) is 5.91 Å². The van der Waals surface area contributed by atoms with E-state index in [-0.39, 0.29) is 5.91 Å². The fourth-order valence-corrected chi connectivity index (χ4v) is 2.43. The number of carbonyl (C=O) groups is 1. The molecule has 0 radical (unpaired) electrons. The Morgan fingerprint density at radius 3 is 2.78 bits per heavy atom. The van der Waals surface area contributed by atoms with Crippen LogP contribution in [0.25, 0.3) is 0 Å². The average molecular weight is 243 g/mol. The van der Waals surface area contributed by atoms with E-state index in [1.165, 1.54) is 16.7 Å². The Bertz CT molecular complexity index is 484. The molecular weight excluding hydrogens is 222 g/mol. The van der Waals surface area contributed by atoms with Gasteiger partial charge in [0.15, 0.2) is 0 Å². The van der Waals surface area contributed by atoms with Gasteiger partial charge >= 0.3 is 0 Å². The highest BCUT2D eigenvalue weighted by molar-refractivity contribution is 5.92. The predicted octanol–water partition coefficient (Wildman–Crippen LogP) is 3.49. The van der Waals surface area contributed by atoms with Crippen LogP contribution in [0.5, 0.6) is 0 Å². The molecule has 0 N–H and O–H groups in total. The van der Waals surface area contributed by atoms with Crippen molar-refractivity contribution in [1.29, 1.82) is 0 Å². The number of nitrogens with zero attached hydrogens (tertiary/aromatic N) is 1. The van der Waals surface area contributed by atoms with E-state index < -0.39 is 0 Å². The Kier molecular flexibility index (Phi) is 3.85. The zero-order valence-corrected chi connectivity index (χ0v) is 11.5. The van der Waals surface area contributed by atoms with Gasteiger partial charge in [-0.3, -0.25) is 4.79 Å². The van der Waals surface area contributed by atoms with Crippen molar-refractivity contribution >= 4 is 11.6 Å². The largest absolute Gasteiger partial charge is 0.312 e. The molecule has 18 heavy (non-hydrogen) atoms. The summed E-state index contributed by atoms with van der Waals surface area (Å²) in [6, 6.07) is 6.49. The summed E-state index contributed by atoms with van der Waals surface area (Å²) in [4.78, 5) is 13.5. The number of fused-ring (bicyclic) bond motifs is 1. The second kappa shape index (κ2) is 5.38. The summed E-state index contributed by atoms with van der Waals surface area (Å²) in [6.07, 6.45) is 5.38. The van der Waals surface area contributed by atoms with Crippen molar-refractivity contribution in [3.8, 4) is 0 Å². The summed E-state index contributed by atoms with van der Waals surface area (Å²) in [5.41, 5.74) is 5.10. The maximum absolute atomic E-state index is 11.6. The van der Waals surface area contributed by atoms with Gasteiger partial charge in [0, 0.05) is 19.2 Å². The summed E-state index contributed by atoms with van der Waals surface area (Å²) < 4.78 is 0. The van der Waals surface area contributed by atoms with E-state index in [2.05, 4.69) is 38.1 Å². The van der Waals surface area contributed by atoms with E-state index >= 15 is 0 Å². The summed E-state index contributed by atoms with van der Waals surface area (Å²) in [5.74, 6) is 0.146. The molecule has 2 heteroatoms. The molecule has 0 fully saturated rings. The summed E-state index contributed by atoms with van der Waals surface area (Å²) in [7, 11) is 0. The molecule has 1 aromatic carbocycles. The smallest absolute Gasteiger partial charge is 0.223 e. The van der Waals surface area contributed by atoms with Crippen LogP contribution in [-0.4, -0.2) is 12.5 Å². The van der Waals surface area contributed by atoms with Gasteiger partial charge < -0.3 is 4.90 Å². The number of anilines is 1. The molecule has 0 unspecified atom stereocenters. The summed E-state index contributed by atoms with van der Waals surface area (Å²) >= 11 is 0. The topological polar surface area (TPSA) is 20.3 Å². The number of allylic oxidation sites excluding steroid dienone is 2. The van der Waals surface area contributed by atoms with Gasteiger partial charge in [0.1, 0.15) is 0 Å². The number of hydrogen-bond acceptors (Lipinski definition) is 1. The molecule has 1 amide bonds. The van der Waals surface area contributed by atoms with Crippen molar-refractivity contribution in [2.75, 3.05) is 11.4 Å². The van der Waals surface area contributed by atoms with Gasteiger partial charge in [0.05, 0.1) is 0 Å². The van der Waals surface area contributed by atoms with Gasteiger partial charge in [-0.2, -0.15) is 0 Å². The minimum Gasteiger partial charge on any atom is -0.312 e. The molecule has 0 saturated heterocycles. The maximum Gasteiger partial charge on any atom is 0.223 e. The van der Waals surface area contributed by atoms with Crippen LogP contribution in [0.2, 0.25) is 0 Å². The fraction of sp³-hybridized carbons (Fsp3) is 0.438. The average Bonchev–Trinajstić information content (AvgIpc) is 2.35. The first-order valence-corrected chi connectivity index (χ1v) is 6.61. The van der Waals surface area contributed by atoms with E-state index in [1.54, 1.807) is 6.92 Å². The molecule has 1 aliphatic heterocycles. The summed E-state index contributed by atoms with van der Waals surface area (Å²) in [5, 5.41) is 0. The quantitative estimate of drug-likeness (QED) is 0.728. The van der Waals surface area contributed by atoms with Crippen LogP contribution in [0.3, 0.4) is 0 Å². The van der Waals surface area contributed by atoms with Crippen molar-refractivity contribution in [3.05, 3.63) is 41.0 Å². The van der Waals surface area contributed by atoms with Crippen LogP contribution in [-0.2, 0) is 17.6 Å². The third-order valence-corrected chi connectivity index (χ3v) is 3.39. The predicted molar refractivity (Wildman–Crippen MR) is 75.9 cm³/mol. The molecule has 1 aromatic rings. The van der Waals surface area contributed by atoms with E-state index in [0.29, 0.717) is 0 Å². The monoisotopic (exact) mass is 243 g/mol. The third-order valence-electron chi connectivity index (χ3n) is 3.39. The van der Waals surface area contributed by atoms with E-state index in [9.17, 15) is 4.79 Å². The molecule has 96 valence electrons. The lowest BCUT2D eigenvalue weighted by molar-refractivity contribution is -0.116. The maximum atomic E-state index is 11.6. The van der Waals surface area contributed by atoms with Gasteiger partial charge in [-0.25, -0.2) is 0 Å². The Hall–Kier alpha value is -1.57. The molecule has 0 saturated carbocycles. The molecule has 0 aromatic heterocycles. The number of carbonyl (C=O) groups excluding carboxylic acids is 1. The molecular formula is C16H21NO. The number of aryl methyl sites for hydroxylation is 1. The van der Waals surface area contributed by atoms with Gasteiger partial charge in [-0.1, -0.05) is 23.8 Å². The van der Waals surface area contributed by atoms with Crippen LogP contribution in [0.15, 0.2) is 29.8 Å². The molecule has 0 bridgehead atoms. The van der Waals surface area contributed by atoms with Crippen molar-refractivity contribution < 1.29 is 4.79 Å². The van der Waals surface area contributed by atoms with Crippen LogP contribution in [0, 0.1) is 0 Å². The second-order valence-electron chi connectivity index (χ2n) is 5.22. The lowest BCUT2D eigenvalue weighted by Gasteiger charge is -2.28. The van der Waals surface area contributed by atoms with Crippen molar-refractivity contribution in [2.24, 2.45) is 0 Å². The molecule has 0 atom stereocenters. The SMILES string of the molecule is CC(=O)N1CCCc2cc(CC=C(C)C)ccc21. The number of benzene rings is 1. The lowest BCUT2D eigenvalue weighted by atomic mass is 9.97. The van der Waals surface area contributed by atoms with Gasteiger partial charge in [-0.15, -0.1) is 0 Å². The zero-order valence-electron chi connectivity index (χ0n) is 11.5. The first-order chi connectivity index (χ1) is 8.58. The molecule has 1 heterocycles. The second-order valence-corrected chi connectivity index (χ2v) is 5.22. The van der Waals surface area contributed by atoms with Crippen molar-refractivity contribution in [2.45, 2.75) is 40.0 Å². The highest BCUT2D eigenvalue weighted by atomic mass is 16.2. The first-order valence-electron chi connectivity index (χ1n) is 6.61. The molecule has 2 rings (SSSR count). The Balaban J connectivity index is 2.27. The Morgan fingerprint density at radius 1 is 1.33 bits per heavy atom. The lowest BCUT2D eigenvalue weighted by Crippen LogP contribution is -2.33. The third kappa shape index (κ3) is 2.81. The van der Waals surface area contributed by atoms with Crippen LogP contribution in [0.4, 0.5) is 5.69 Å². The molecule has 0 aliphatic carbocycles. The zero-order chi connectivity index (χ0) is 13.1. The van der Waals surface area contributed by atoms with Crippen LogP contribution in [0.1, 0.15) is 38.3 Å². The highest BCUT2D eigenvalue weighted by Crippen LogP contribution is 2.28. The van der Waals surface area contributed by atoms with Crippen LogP contribution >= 0.6 is 0 Å². The van der Waals surface area contributed by atoms with E-state index in [0.717, 1.165) is 31.5 Å². The van der Waals surface area contributed by atoms with Crippen molar-refractivity contribution in [1.82, 2.24) is 0 Å². The Labute approximate surface area is 109 Å². The normalized spacial score (nSPS) is 14.1. The standard InChI is InChI=1S/C16H21NO/c1-12(2)6-7-14-8-9-16-15(11-14)5-4-10-17(16)13(3)18/h6,8-9,11H,4-5,7,10H2,1-3H3. The minimum atomic E-state index is 0.146. The van der Waals surface area contributed by atoms with E-state index in [4.69, 9.17) is 0 Å². The number of amides is 1. The number of rotatable bonds is 2. The van der Waals surface area contributed by atoms with Crippen LogP contribution < -0.4 is 4.90 Å². The number of hydrogen-bond donors (Lipinski definition) is 0. The molecule has 2 nitrogen and oxygen atoms in total. The highest BCUT2D eigenvalue weighted by Gasteiger charge is 2.19. The van der Waals surface area contributed by atoms with Gasteiger partial charge in [-0.05, 0) is 50.3 Å². The fourth-order valence-electron chi connectivity index (χ4n) is 2.43. The molecule has 1 aliphatic rings. The van der Waals surface area contributed by atoms with Crippen molar-refractivity contribution in [3.63, 3.8) is 0 Å².